The number of aryl methyl sites for hydroxylation is 3. The zero-order chi connectivity index (χ0) is 36.2. The smallest absolute Gasteiger partial charge is 0.322 e. The molecule has 2 atom stereocenters. The number of benzene rings is 2. The number of rotatable bonds is 15. The van der Waals surface area contributed by atoms with E-state index in [1.807, 2.05) is 32.0 Å². The van der Waals surface area contributed by atoms with Crippen molar-refractivity contribution in [2.45, 2.75) is 78.8 Å². The number of amides is 3. The van der Waals surface area contributed by atoms with Crippen LogP contribution < -0.4 is 38.9 Å². The van der Waals surface area contributed by atoms with Crippen molar-refractivity contribution in [1.29, 1.82) is 0 Å². The number of unbranched alkanes of at least 4 members (excludes halogenated alkanes) is 1. The molecule has 2 aromatic carbocycles. The molecule has 0 saturated heterocycles. The highest BCUT2D eigenvalue weighted by atomic mass is 16.4. The molecule has 0 spiro atoms. The second-order valence-corrected chi connectivity index (χ2v) is 10.4. The second kappa shape index (κ2) is 27.6. The number of hydrogen-bond acceptors (Lipinski definition) is 8. The summed E-state index contributed by atoms with van der Waals surface area (Å²) in [6.45, 7) is 10.9. The van der Waals surface area contributed by atoms with Gasteiger partial charge in [-0.05, 0) is 88.4 Å². The van der Waals surface area contributed by atoms with Crippen molar-refractivity contribution in [2.75, 3.05) is 26.2 Å². The number of nitrogens with one attached hydrogen (secondary N) is 3. The van der Waals surface area contributed by atoms with E-state index in [0.29, 0.717) is 25.8 Å². The van der Waals surface area contributed by atoms with Gasteiger partial charge in [-0.3, -0.25) is 24.2 Å². The van der Waals surface area contributed by atoms with Gasteiger partial charge in [0.1, 0.15) is 24.4 Å². The van der Waals surface area contributed by atoms with E-state index in [0.717, 1.165) is 36.2 Å². The van der Waals surface area contributed by atoms with E-state index < -0.39 is 36.4 Å². The Kier molecular flexibility index (Phi) is 26.1. The first kappa shape index (κ1) is 44.4. The molecule has 0 aliphatic carbocycles. The first-order valence-corrected chi connectivity index (χ1v) is 15.5. The van der Waals surface area contributed by atoms with Gasteiger partial charge in [0.05, 0.1) is 0 Å². The van der Waals surface area contributed by atoms with Crippen LogP contribution in [0.4, 0.5) is 0 Å². The molecule has 14 heteroatoms. The Morgan fingerprint density at radius 1 is 0.936 bits per heavy atom. The summed E-state index contributed by atoms with van der Waals surface area (Å²) in [5.41, 5.74) is 24.0. The van der Waals surface area contributed by atoms with Crippen LogP contribution in [0.5, 0.6) is 5.75 Å². The minimum Gasteiger partial charge on any atom is -0.508 e. The Hall–Kier alpha value is -4.69. The summed E-state index contributed by atoms with van der Waals surface area (Å²) in [4.78, 5) is 50.6. The largest absolute Gasteiger partial charge is 0.508 e. The van der Waals surface area contributed by atoms with Crippen molar-refractivity contribution in [3.8, 4) is 5.75 Å². The molecule has 14 nitrogen and oxygen atoms in total. The summed E-state index contributed by atoms with van der Waals surface area (Å²) in [7, 11) is 0. The summed E-state index contributed by atoms with van der Waals surface area (Å²) in [6, 6.07) is 11.5. The van der Waals surface area contributed by atoms with E-state index in [-0.39, 0.29) is 24.6 Å². The molecule has 0 heterocycles. The number of guanidine groups is 1. The zero-order valence-corrected chi connectivity index (χ0v) is 28.4. The number of carboxylic acid groups (broad SMARTS) is 1. The highest BCUT2D eigenvalue weighted by molar-refractivity contribution is 5.91. The molecule has 0 aromatic heterocycles. The SMILES string of the molecule is CCCN=C(N)N.CCN.Cc1cc(O)cc(C)c1C[C@H](NC=O)C(=O)N[C@@H](CCCCN)C(=O)NCC(=O)O.Cc1ccccc1. The standard InChI is InChI=1S/C20H30N4O6.C7H8.C4H11N3.C2H7N/c1-12-7-14(26)8-13(2)15(12)9-17(23-11-25)20(30)24-16(5-3-4-6-21)19(29)22-10-18(27)28;1-7-5-3-2-4-6-7;1-2-3-7-4(5)6;1-2-3/h7-8,11,16-17,26H,3-6,9-10,21H2,1-2H3,(H,22,29)(H,23,25)(H,24,30)(H,27,28);2-6H,1H3;2-3H2,1H3,(H4,5,6,7);2-3H2,1H3/t16-,17-;;;/m0.../s1. The van der Waals surface area contributed by atoms with Crippen molar-refractivity contribution in [1.82, 2.24) is 16.0 Å². The lowest BCUT2D eigenvalue weighted by molar-refractivity contribution is -0.138. The maximum atomic E-state index is 12.8. The van der Waals surface area contributed by atoms with E-state index in [1.54, 1.807) is 26.0 Å². The van der Waals surface area contributed by atoms with Gasteiger partial charge in [-0.25, -0.2) is 0 Å². The molecule has 0 radical (unpaired) electrons. The molecule has 264 valence electrons. The van der Waals surface area contributed by atoms with Gasteiger partial charge in [-0.2, -0.15) is 0 Å². The maximum absolute atomic E-state index is 12.8. The van der Waals surface area contributed by atoms with Gasteiger partial charge >= 0.3 is 5.97 Å². The maximum Gasteiger partial charge on any atom is 0.322 e. The molecule has 47 heavy (non-hydrogen) atoms. The van der Waals surface area contributed by atoms with Gasteiger partial charge in [0.15, 0.2) is 5.96 Å². The minimum atomic E-state index is -1.20. The topological polar surface area (TPSA) is 261 Å². The highest BCUT2D eigenvalue weighted by Crippen LogP contribution is 2.22. The predicted octanol–water partition coefficient (Wildman–Crippen LogP) is 1.11. The molecule has 0 bridgehead atoms. The number of phenols is 1. The van der Waals surface area contributed by atoms with E-state index in [4.69, 9.17) is 28.0 Å². The fourth-order valence-corrected chi connectivity index (χ4v) is 3.90. The monoisotopic (exact) mass is 660 g/mol. The minimum absolute atomic E-state index is 0.105. The van der Waals surface area contributed by atoms with E-state index in [1.165, 1.54) is 5.56 Å². The number of carboxylic acids is 1. The average molecular weight is 661 g/mol. The van der Waals surface area contributed by atoms with Crippen LogP contribution in [0.2, 0.25) is 0 Å². The fourth-order valence-electron chi connectivity index (χ4n) is 3.90. The number of hydrogen-bond donors (Lipinski definition) is 9. The molecule has 0 fully saturated rings. The van der Waals surface area contributed by atoms with Crippen LogP contribution in [-0.4, -0.2) is 78.6 Å². The second-order valence-electron chi connectivity index (χ2n) is 10.4. The summed E-state index contributed by atoms with van der Waals surface area (Å²) in [5, 5.41) is 25.8. The number of aromatic hydroxyl groups is 1. The molecule has 2 aromatic rings. The third-order valence-electron chi connectivity index (χ3n) is 6.13. The van der Waals surface area contributed by atoms with Crippen molar-refractivity contribution >= 4 is 30.2 Å². The van der Waals surface area contributed by atoms with Gasteiger partial charge in [-0.1, -0.05) is 49.7 Å². The molecular weight excluding hydrogens is 604 g/mol. The van der Waals surface area contributed by atoms with Crippen molar-refractivity contribution in [3.05, 3.63) is 64.7 Å². The average Bonchev–Trinajstić information content (AvgIpc) is 3.00. The summed E-state index contributed by atoms with van der Waals surface area (Å²) >= 11 is 0. The van der Waals surface area contributed by atoms with Gasteiger partial charge in [0.25, 0.3) is 0 Å². The van der Waals surface area contributed by atoms with Crippen molar-refractivity contribution < 1.29 is 29.4 Å². The van der Waals surface area contributed by atoms with Crippen LogP contribution in [0.25, 0.3) is 0 Å². The molecular formula is C33H56N8O6. The van der Waals surface area contributed by atoms with Crippen LogP contribution >= 0.6 is 0 Å². The molecule has 0 aliphatic heterocycles. The number of aliphatic carboxylic acids is 1. The Morgan fingerprint density at radius 2 is 1.51 bits per heavy atom. The van der Waals surface area contributed by atoms with Crippen molar-refractivity contribution in [2.24, 2.45) is 27.9 Å². The third kappa shape index (κ3) is 23.3. The quantitative estimate of drug-likeness (QED) is 0.0569. The molecule has 0 unspecified atom stereocenters. The summed E-state index contributed by atoms with van der Waals surface area (Å²) in [6.07, 6.45) is 3.04. The molecule has 0 aliphatic rings. The molecule has 0 saturated carbocycles. The number of nitrogens with zero attached hydrogens (tertiary/aromatic N) is 1. The number of aliphatic imine (C=N–C) groups is 1. The Bertz CT molecular complexity index is 1180. The van der Waals surface area contributed by atoms with Crippen LogP contribution in [0.1, 0.15) is 61.8 Å². The molecule has 13 N–H and O–H groups in total. The van der Waals surface area contributed by atoms with Gasteiger partial charge in [0.2, 0.25) is 18.2 Å². The lowest BCUT2D eigenvalue weighted by Gasteiger charge is -2.23. The summed E-state index contributed by atoms with van der Waals surface area (Å²) < 4.78 is 0. The number of carbonyl (C=O) groups excluding carboxylic acids is 3. The van der Waals surface area contributed by atoms with E-state index >= 15 is 0 Å². The van der Waals surface area contributed by atoms with Gasteiger partial charge in [-0.15, -0.1) is 0 Å². The van der Waals surface area contributed by atoms with Crippen LogP contribution in [0.15, 0.2) is 47.5 Å². The van der Waals surface area contributed by atoms with Gasteiger partial charge in [0, 0.05) is 13.0 Å². The Morgan fingerprint density at radius 3 is 1.91 bits per heavy atom. The van der Waals surface area contributed by atoms with E-state index in [9.17, 15) is 24.3 Å². The predicted molar refractivity (Wildman–Crippen MR) is 187 cm³/mol. The first-order chi connectivity index (χ1) is 22.3. The lowest BCUT2D eigenvalue weighted by atomic mass is 9.95. The fraction of sp³-hybridized carbons (Fsp3) is 0.485. The van der Waals surface area contributed by atoms with E-state index in [2.05, 4.69) is 40.0 Å². The first-order valence-electron chi connectivity index (χ1n) is 15.5. The Balaban J connectivity index is 0. The summed E-state index contributed by atoms with van der Waals surface area (Å²) in [5.74, 6) is -2.11. The number of carbonyl (C=O) groups is 4. The van der Waals surface area contributed by atoms with Crippen LogP contribution in [0, 0.1) is 20.8 Å². The van der Waals surface area contributed by atoms with Crippen molar-refractivity contribution in [3.63, 3.8) is 0 Å². The Labute approximate surface area is 278 Å². The number of phenolic OH excluding ortho intramolecular Hbond substituents is 1. The highest BCUT2D eigenvalue weighted by Gasteiger charge is 2.26. The van der Waals surface area contributed by atoms with Crippen LogP contribution in [0.3, 0.4) is 0 Å². The normalized spacial score (nSPS) is 10.9. The third-order valence-corrected chi connectivity index (χ3v) is 6.13. The lowest BCUT2D eigenvalue weighted by Crippen LogP contribution is -2.53. The molecule has 3 amide bonds. The van der Waals surface area contributed by atoms with Gasteiger partial charge < -0.3 is 49.1 Å². The number of nitrogens with two attached hydrogens (primary N) is 4. The molecule has 2 rings (SSSR count). The van der Waals surface area contributed by atoms with Crippen LogP contribution in [-0.2, 0) is 25.6 Å². The zero-order valence-electron chi connectivity index (χ0n) is 28.4.